The van der Waals surface area contributed by atoms with Gasteiger partial charge >= 0.3 is 0 Å². The fourth-order valence-corrected chi connectivity index (χ4v) is 5.94. The van der Waals surface area contributed by atoms with Gasteiger partial charge in [0.05, 0.1) is 0 Å². The minimum Gasteiger partial charge on any atom is -0.375 e. The van der Waals surface area contributed by atoms with Crippen LogP contribution in [0.15, 0.2) is 72.8 Å². The molecule has 0 heterocycles. The lowest BCUT2D eigenvalue weighted by Crippen LogP contribution is -2.15. The lowest BCUT2D eigenvalue weighted by molar-refractivity contribution is 0.966. The average molecular weight is 764 g/mol. The smallest absolute Gasteiger partial charge is 0.0438 e. The fraction of sp³-hybridized carbons (Fsp3) is 0.423. The Morgan fingerprint density at radius 2 is 0.636 bits per heavy atom. The number of halogens is 1. The van der Waals surface area contributed by atoms with Gasteiger partial charge < -0.3 is 9.80 Å². The molecule has 5 aromatic rings. The summed E-state index contributed by atoms with van der Waals surface area (Å²) in [6.45, 7) is 38.6. The number of aryl methyl sites for hydroxylation is 15. The van der Waals surface area contributed by atoms with Crippen molar-refractivity contribution in [3.05, 3.63) is 161 Å². The Kier molecular flexibility index (Phi) is 21.2. The Labute approximate surface area is 344 Å². The van der Waals surface area contributed by atoms with Gasteiger partial charge in [-0.2, -0.15) is 0 Å². The van der Waals surface area contributed by atoms with Crippen molar-refractivity contribution in [2.75, 3.05) is 37.0 Å². The van der Waals surface area contributed by atoms with E-state index in [9.17, 15) is 0 Å². The highest BCUT2D eigenvalue weighted by Gasteiger charge is 2.01. The first-order chi connectivity index (χ1) is 25.7. The standard InChI is InChI=1S/2C11H17N.C11H16.C10H14.C9H11Cl/c2*1-5-12(4)11-7-6-9(2)10(3)8-11;1-5-11-7-9(3)8(2)6-10(11)4;1-7-5-9(3)10(4)6-8(7)2;1-6-4-8(3)9(10)5-7(6)2/h2*6-8H,5H2,1-4H3;6-7H,5H2,1-4H3;5-6H,1-4H3;4-5H,1-3H3. The molecule has 5 rings (SSSR count). The molecule has 0 saturated carbocycles. The summed E-state index contributed by atoms with van der Waals surface area (Å²) in [5, 5.41) is 0.864. The highest BCUT2D eigenvalue weighted by atomic mass is 35.5. The molecule has 0 saturated heterocycles. The summed E-state index contributed by atoms with van der Waals surface area (Å²) in [7, 11) is 4.23. The van der Waals surface area contributed by atoms with Crippen LogP contribution >= 0.6 is 11.6 Å². The maximum atomic E-state index is 5.89. The van der Waals surface area contributed by atoms with Gasteiger partial charge in [-0.15, -0.1) is 0 Å². The molecule has 55 heavy (non-hydrogen) atoms. The number of nitrogens with zero attached hydrogens (tertiary/aromatic N) is 2. The van der Waals surface area contributed by atoms with Crippen LogP contribution in [-0.4, -0.2) is 27.2 Å². The molecule has 300 valence electrons. The highest BCUT2D eigenvalue weighted by molar-refractivity contribution is 6.31. The van der Waals surface area contributed by atoms with Crippen LogP contribution in [0.25, 0.3) is 0 Å². The lowest BCUT2D eigenvalue weighted by Gasteiger charge is -2.17. The van der Waals surface area contributed by atoms with E-state index in [1.165, 1.54) is 89.3 Å². The predicted octanol–water partition coefficient (Wildman–Crippen LogP) is 14.9. The monoisotopic (exact) mass is 763 g/mol. The van der Waals surface area contributed by atoms with Gasteiger partial charge in [0.1, 0.15) is 0 Å². The summed E-state index contributed by atoms with van der Waals surface area (Å²) < 4.78 is 0. The second-order valence-corrected chi connectivity index (χ2v) is 15.9. The van der Waals surface area contributed by atoms with Crippen LogP contribution in [0.2, 0.25) is 5.02 Å². The van der Waals surface area contributed by atoms with Gasteiger partial charge in [-0.05, 0) is 231 Å². The number of hydrogen-bond donors (Lipinski definition) is 0. The van der Waals surface area contributed by atoms with E-state index in [2.05, 4.69) is 201 Å². The highest BCUT2D eigenvalue weighted by Crippen LogP contribution is 2.20. The minimum atomic E-state index is 0.864. The molecule has 5 aromatic carbocycles. The normalized spacial score (nSPS) is 10.0. The van der Waals surface area contributed by atoms with Crippen LogP contribution in [0, 0.1) is 96.9 Å². The van der Waals surface area contributed by atoms with Gasteiger partial charge in [0.15, 0.2) is 0 Å². The third-order valence-electron chi connectivity index (χ3n) is 11.0. The zero-order valence-corrected chi connectivity index (χ0v) is 39.1. The van der Waals surface area contributed by atoms with Crippen molar-refractivity contribution in [2.24, 2.45) is 0 Å². The van der Waals surface area contributed by atoms with Crippen molar-refractivity contribution in [1.82, 2.24) is 0 Å². The zero-order valence-electron chi connectivity index (χ0n) is 38.3. The van der Waals surface area contributed by atoms with Crippen LogP contribution < -0.4 is 9.80 Å². The Bertz CT molecular complexity index is 1740. The zero-order chi connectivity index (χ0) is 42.2. The summed E-state index contributed by atoms with van der Waals surface area (Å²) in [5.74, 6) is 0. The first-order valence-electron chi connectivity index (χ1n) is 20.1. The van der Waals surface area contributed by atoms with Crippen molar-refractivity contribution in [2.45, 2.75) is 124 Å². The van der Waals surface area contributed by atoms with E-state index in [1.807, 2.05) is 13.0 Å². The molecule has 0 fully saturated rings. The largest absolute Gasteiger partial charge is 0.375 e. The Morgan fingerprint density at radius 1 is 0.345 bits per heavy atom. The van der Waals surface area contributed by atoms with Crippen molar-refractivity contribution in [3.8, 4) is 0 Å². The van der Waals surface area contributed by atoms with Crippen molar-refractivity contribution < 1.29 is 0 Å². The molecule has 3 heteroatoms. The van der Waals surface area contributed by atoms with E-state index in [-0.39, 0.29) is 0 Å². The molecule has 0 aliphatic heterocycles. The van der Waals surface area contributed by atoms with Crippen molar-refractivity contribution in [1.29, 1.82) is 0 Å². The molecule has 0 bridgehead atoms. The molecule has 0 atom stereocenters. The quantitative estimate of drug-likeness (QED) is 0.176. The van der Waals surface area contributed by atoms with Crippen LogP contribution in [0.3, 0.4) is 0 Å². The fourth-order valence-electron chi connectivity index (χ4n) is 5.72. The third kappa shape index (κ3) is 16.3. The lowest BCUT2D eigenvalue weighted by atomic mass is 9.99. The number of rotatable bonds is 5. The van der Waals surface area contributed by atoms with E-state index in [4.69, 9.17) is 11.6 Å². The Morgan fingerprint density at radius 3 is 0.945 bits per heavy atom. The molecule has 2 nitrogen and oxygen atoms in total. The van der Waals surface area contributed by atoms with Crippen LogP contribution in [0.5, 0.6) is 0 Å². The summed E-state index contributed by atoms with van der Waals surface area (Å²) in [6, 6.07) is 26.3. The molecular weight excluding hydrogens is 688 g/mol. The van der Waals surface area contributed by atoms with Gasteiger partial charge in [-0.1, -0.05) is 61.0 Å². The first kappa shape index (κ1) is 49.0. The van der Waals surface area contributed by atoms with Crippen molar-refractivity contribution in [3.63, 3.8) is 0 Å². The van der Waals surface area contributed by atoms with E-state index < -0.39 is 0 Å². The van der Waals surface area contributed by atoms with E-state index >= 15 is 0 Å². The van der Waals surface area contributed by atoms with Gasteiger partial charge in [-0.25, -0.2) is 0 Å². The molecule has 0 radical (unpaired) electrons. The SMILES string of the molecule is CCN(C)c1ccc(C)c(C)c1.CCN(C)c1ccc(C)c(C)c1.CCc1cc(C)c(C)cc1C.Cc1cc(C)c(C)cc1C.Cc1cc(C)c(Cl)cc1C. The van der Waals surface area contributed by atoms with Crippen LogP contribution in [-0.2, 0) is 6.42 Å². The first-order valence-corrected chi connectivity index (χ1v) is 20.5. The molecule has 0 unspecified atom stereocenters. The average Bonchev–Trinajstić information content (AvgIpc) is 3.14. The summed E-state index contributed by atoms with van der Waals surface area (Å²) >= 11 is 5.89. The minimum absolute atomic E-state index is 0.864. The van der Waals surface area contributed by atoms with Gasteiger partial charge in [0, 0.05) is 43.6 Å². The summed E-state index contributed by atoms with van der Waals surface area (Å²) in [5.41, 5.74) is 23.1. The third-order valence-corrected chi connectivity index (χ3v) is 11.4. The maximum absolute atomic E-state index is 5.89. The molecule has 0 amide bonds. The van der Waals surface area contributed by atoms with Gasteiger partial charge in [0.2, 0.25) is 0 Å². The topological polar surface area (TPSA) is 6.48 Å². The molecule has 0 aliphatic carbocycles. The second kappa shape index (κ2) is 23.8. The van der Waals surface area contributed by atoms with Crippen molar-refractivity contribution >= 4 is 23.0 Å². The number of anilines is 2. The molecule has 0 aromatic heterocycles. The van der Waals surface area contributed by atoms with E-state index in [0.717, 1.165) is 30.1 Å². The summed E-state index contributed by atoms with van der Waals surface area (Å²) in [4.78, 5) is 4.49. The number of hydrogen-bond acceptors (Lipinski definition) is 2. The second-order valence-electron chi connectivity index (χ2n) is 15.5. The van der Waals surface area contributed by atoms with Crippen LogP contribution in [0.1, 0.15) is 104 Å². The molecule has 0 spiro atoms. The predicted molar refractivity (Wildman–Crippen MR) is 251 cm³/mol. The molecule has 0 N–H and O–H groups in total. The molecular formula is C52H75ClN2. The maximum Gasteiger partial charge on any atom is 0.0438 e. The van der Waals surface area contributed by atoms with Gasteiger partial charge in [0.25, 0.3) is 0 Å². The molecule has 0 aliphatic rings. The number of benzene rings is 5. The Balaban J connectivity index is 0.000000344. The van der Waals surface area contributed by atoms with Crippen LogP contribution in [0.4, 0.5) is 11.4 Å². The van der Waals surface area contributed by atoms with E-state index in [0.29, 0.717) is 0 Å². The van der Waals surface area contributed by atoms with E-state index in [1.54, 1.807) is 0 Å². The summed E-state index contributed by atoms with van der Waals surface area (Å²) in [6.07, 6.45) is 1.15. The Hall–Kier alpha value is -4.01. The van der Waals surface area contributed by atoms with Gasteiger partial charge in [-0.3, -0.25) is 0 Å².